The van der Waals surface area contributed by atoms with E-state index in [1.807, 2.05) is 0 Å². The second kappa shape index (κ2) is 6.43. The Morgan fingerprint density at radius 1 is 1.25 bits per heavy atom. The van der Waals surface area contributed by atoms with E-state index in [-0.39, 0.29) is 31.2 Å². The third-order valence-electron chi connectivity index (χ3n) is 3.73. The van der Waals surface area contributed by atoms with Crippen LogP contribution in [0.4, 0.5) is 17.6 Å². The number of alkyl halides is 3. The summed E-state index contributed by atoms with van der Waals surface area (Å²) in [5.41, 5.74) is 0.466. The summed E-state index contributed by atoms with van der Waals surface area (Å²) in [6, 6.07) is 4.39. The SMILES string of the molecule is Fc1ccc(Br)cc1CNC1CCCC(C(F)(F)F)C1. The smallest absolute Gasteiger partial charge is 0.310 e. The number of hydrogen-bond donors (Lipinski definition) is 1. The minimum Gasteiger partial charge on any atom is -0.310 e. The Morgan fingerprint density at radius 2 is 2.00 bits per heavy atom. The first-order valence-corrected chi connectivity index (χ1v) is 7.39. The van der Waals surface area contributed by atoms with Crippen LogP contribution in [0.1, 0.15) is 31.2 Å². The van der Waals surface area contributed by atoms with Gasteiger partial charge in [0.05, 0.1) is 5.92 Å². The average Bonchev–Trinajstić information content (AvgIpc) is 2.39. The van der Waals surface area contributed by atoms with Crippen molar-refractivity contribution in [2.45, 2.75) is 44.4 Å². The predicted molar refractivity (Wildman–Crippen MR) is 72.7 cm³/mol. The Kier molecular flexibility index (Phi) is 5.07. The molecule has 0 aromatic heterocycles. The highest BCUT2D eigenvalue weighted by molar-refractivity contribution is 9.10. The maximum absolute atomic E-state index is 13.5. The van der Waals surface area contributed by atoms with Crippen LogP contribution >= 0.6 is 15.9 Å². The molecule has 1 aromatic rings. The Hall–Kier alpha value is -0.620. The normalized spacial score (nSPS) is 23.9. The summed E-state index contributed by atoms with van der Waals surface area (Å²) in [7, 11) is 0. The van der Waals surface area contributed by atoms with E-state index in [0.717, 1.165) is 4.47 Å². The number of nitrogens with one attached hydrogen (secondary N) is 1. The molecule has 1 fully saturated rings. The molecule has 1 nitrogen and oxygen atoms in total. The van der Waals surface area contributed by atoms with Crippen LogP contribution in [0.3, 0.4) is 0 Å². The second-order valence-electron chi connectivity index (χ2n) is 5.22. The maximum Gasteiger partial charge on any atom is 0.391 e. The van der Waals surface area contributed by atoms with Gasteiger partial charge in [0.2, 0.25) is 0 Å². The lowest BCUT2D eigenvalue weighted by Crippen LogP contribution is -2.38. The molecule has 112 valence electrons. The van der Waals surface area contributed by atoms with Gasteiger partial charge in [-0.15, -0.1) is 0 Å². The van der Waals surface area contributed by atoms with Gasteiger partial charge < -0.3 is 5.32 Å². The van der Waals surface area contributed by atoms with Gasteiger partial charge in [0, 0.05) is 22.6 Å². The van der Waals surface area contributed by atoms with E-state index in [1.54, 1.807) is 12.1 Å². The molecule has 0 bridgehead atoms. The van der Waals surface area contributed by atoms with Gasteiger partial charge >= 0.3 is 6.18 Å². The fourth-order valence-corrected chi connectivity index (χ4v) is 3.01. The van der Waals surface area contributed by atoms with Gasteiger partial charge in [-0.2, -0.15) is 13.2 Å². The molecule has 1 aliphatic carbocycles. The molecule has 1 N–H and O–H groups in total. The number of rotatable bonds is 3. The molecule has 0 aliphatic heterocycles. The zero-order chi connectivity index (χ0) is 14.8. The van der Waals surface area contributed by atoms with Gasteiger partial charge in [-0.25, -0.2) is 4.39 Å². The summed E-state index contributed by atoms with van der Waals surface area (Å²) in [6.07, 6.45) is -2.57. The topological polar surface area (TPSA) is 12.0 Å². The van der Waals surface area contributed by atoms with Crippen molar-refractivity contribution in [2.75, 3.05) is 0 Å². The van der Waals surface area contributed by atoms with Crippen LogP contribution in [0.5, 0.6) is 0 Å². The number of benzene rings is 1. The molecule has 1 aliphatic rings. The molecule has 1 saturated carbocycles. The highest BCUT2D eigenvalue weighted by atomic mass is 79.9. The molecule has 0 spiro atoms. The van der Waals surface area contributed by atoms with Crippen LogP contribution < -0.4 is 5.32 Å². The minimum atomic E-state index is -4.12. The molecule has 0 heterocycles. The third kappa shape index (κ3) is 4.19. The zero-order valence-corrected chi connectivity index (χ0v) is 12.4. The van der Waals surface area contributed by atoms with Gasteiger partial charge in [0.1, 0.15) is 5.82 Å². The summed E-state index contributed by atoms with van der Waals surface area (Å²) < 4.78 is 52.4. The van der Waals surface area contributed by atoms with Gasteiger partial charge in [-0.1, -0.05) is 22.4 Å². The van der Waals surface area contributed by atoms with E-state index in [9.17, 15) is 17.6 Å². The van der Waals surface area contributed by atoms with Crippen molar-refractivity contribution in [3.63, 3.8) is 0 Å². The molecule has 20 heavy (non-hydrogen) atoms. The summed E-state index contributed by atoms with van der Waals surface area (Å²) in [5.74, 6) is -1.58. The molecule has 0 saturated heterocycles. The van der Waals surface area contributed by atoms with Crippen molar-refractivity contribution in [2.24, 2.45) is 5.92 Å². The van der Waals surface area contributed by atoms with E-state index >= 15 is 0 Å². The first kappa shape index (κ1) is 15.8. The van der Waals surface area contributed by atoms with Gasteiger partial charge in [0.15, 0.2) is 0 Å². The van der Waals surface area contributed by atoms with Crippen molar-refractivity contribution >= 4 is 15.9 Å². The summed E-state index contributed by atoms with van der Waals surface area (Å²) in [4.78, 5) is 0. The Bertz CT molecular complexity index is 461. The van der Waals surface area contributed by atoms with E-state index in [4.69, 9.17) is 0 Å². The lowest BCUT2D eigenvalue weighted by molar-refractivity contribution is -0.183. The molecule has 2 rings (SSSR count). The highest BCUT2D eigenvalue weighted by Crippen LogP contribution is 2.37. The molecule has 2 atom stereocenters. The molecule has 0 radical (unpaired) electrons. The monoisotopic (exact) mass is 353 g/mol. The molecule has 0 amide bonds. The van der Waals surface area contributed by atoms with Crippen LogP contribution in [0.2, 0.25) is 0 Å². The van der Waals surface area contributed by atoms with Crippen LogP contribution in [0.25, 0.3) is 0 Å². The van der Waals surface area contributed by atoms with Crippen LogP contribution in [0.15, 0.2) is 22.7 Å². The average molecular weight is 354 g/mol. The van der Waals surface area contributed by atoms with Gasteiger partial charge in [-0.05, 0) is 37.5 Å². The van der Waals surface area contributed by atoms with Crippen molar-refractivity contribution in [1.29, 1.82) is 0 Å². The third-order valence-corrected chi connectivity index (χ3v) is 4.22. The van der Waals surface area contributed by atoms with Crippen LogP contribution in [-0.2, 0) is 6.54 Å². The Balaban J connectivity index is 1.92. The Labute approximate surface area is 123 Å². The van der Waals surface area contributed by atoms with Crippen molar-refractivity contribution in [1.82, 2.24) is 5.32 Å². The lowest BCUT2D eigenvalue weighted by atomic mass is 9.85. The van der Waals surface area contributed by atoms with Crippen molar-refractivity contribution in [3.8, 4) is 0 Å². The molecule has 2 unspecified atom stereocenters. The second-order valence-corrected chi connectivity index (χ2v) is 6.13. The predicted octanol–water partition coefficient (Wildman–Crippen LogP) is 4.80. The van der Waals surface area contributed by atoms with E-state index < -0.39 is 12.1 Å². The number of hydrogen-bond acceptors (Lipinski definition) is 1. The lowest BCUT2D eigenvalue weighted by Gasteiger charge is -2.31. The molecular weight excluding hydrogens is 338 g/mol. The largest absolute Gasteiger partial charge is 0.391 e. The standard InChI is InChI=1S/C14H16BrF4N/c15-11-4-5-13(16)9(6-11)8-20-12-3-1-2-10(7-12)14(17,18)19/h4-6,10,12,20H,1-3,7-8H2. The summed E-state index contributed by atoms with van der Waals surface area (Å²) in [5, 5.41) is 3.05. The fourth-order valence-electron chi connectivity index (χ4n) is 2.61. The quantitative estimate of drug-likeness (QED) is 0.769. The van der Waals surface area contributed by atoms with Gasteiger partial charge in [-0.3, -0.25) is 0 Å². The zero-order valence-electron chi connectivity index (χ0n) is 10.8. The summed E-state index contributed by atoms with van der Waals surface area (Å²) in [6.45, 7) is 0.251. The summed E-state index contributed by atoms with van der Waals surface area (Å²) >= 11 is 3.25. The van der Waals surface area contributed by atoms with E-state index in [0.29, 0.717) is 18.4 Å². The highest BCUT2D eigenvalue weighted by Gasteiger charge is 2.41. The molecule has 6 heteroatoms. The fraction of sp³-hybridized carbons (Fsp3) is 0.571. The molecule has 1 aromatic carbocycles. The Morgan fingerprint density at radius 3 is 2.70 bits per heavy atom. The first-order chi connectivity index (χ1) is 9.36. The van der Waals surface area contributed by atoms with Crippen molar-refractivity contribution in [3.05, 3.63) is 34.1 Å². The van der Waals surface area contributed by atoms with Crippen molar-refractivity contribution < 1.29 is 17.6 Å². The molecular formula is C14H16BrF4N. The first-order valence-electron chi connectivity index (χ1n) is 6.60. The maximum atomic E-state index is 13.5. The minimum absolute atomic E-state index is 0.0825. The van der Waals surface area contributed by atoms with E-state index in [2.05, 4.69) is 21.2 Å². The number of halogens is 5. The van der Waals surface area contributed by atoms with Crippen LogP contribution in [-0.4, -0.2) is 12.2 Å². The van der Waals surface area contributed by atoms with Gasteiger partial charge in [0.25, 0.3) is 0 Å². The van der Waals surface area contributed by atoms with Crippen LogP contribution in [0, 0.1) is 11.7 Å². The van der Waals surface area contributed by atoms with E-state index in [1.165, 1.54) is 6.07 Å².